The van der Waals surface area contributed by atoms with Crippen molar-refractivity contribution in [3.05, 3.63) is 17.0 Å². The van der Waals surface area contributed by atoms with Gasteiger partial charge in [0.05, 0.1) is 5.69 Å². The van der Waals surface area contributed by atoms with Crippen LogP contribution in [-0.4, -0.2) is 22.1 Å². The first-order chi connectivity index (χ1) is 5.54. The third-order valence-corrected chi connectivity index (χ3v) is 1.30. The van der Waals surface area contributed by atoms with Gasteiger partial charge >= 0.3 is 5.97 Å². The number of rotatable bonds is 2. The summed E-state index contributed by atoms with van der Waals surface area (Å²) in [6.07, 6.45) is 0. The van der Waals surface area contributed by atoms with Crippen molar-refractivity contribution in [3.63, 3.8) is 0 Å². The Morgan fingerprint density at radius 2 is 2.17 bits per heavy atom. The molecule has 1 aromatic heterocycles. The lowest BCUT2D eigenvalue weighted by atomic mass is 10.2. The number of nitrogens with zero attached hydrogens (tertiary/aromatic N) is 1. The molecule has 0 bridgehead atoms. The quantitative estimate of drug-likeness (QED) is 0.638. The van der Waals surface area contributed by atoms with Crippen LogP contribution in [0.15, 0.2) is 4.52 Å². The van der Waals surface area contributed by atoms with Crippen LogP contribution in [-0.2, 0) is 0 Å². The number of carboxylic acids is 1. The van der Waals surface area contributed by atoms with Gasteiger partial charge in [0.15, 0.2) is 0 Å². The fourth-order valence-electron chi connectivity index (χ4n) is 0.790. The Hall–Kier alpha value is -1.85. The lowest BCUT2D eigenvalue weighted by molar-refractivity contribution is 0.0688. The minimum absolute atomic E-state index is 0.135. The molecule has 12 heavy (non-hydrogen) atoms. The van der Waals surface area contributed by atoms with Crippen molar-refractivity contribution in [3.8, 4) is 0 Å². The average molecular weight is 170 g/mol. The number of primary amides is 1. The van der Waals surface area contributed by atoms with Crippen molar-refractivity contribution >= 4 is 11.9 Å². The van der Waals surface area contributed by atoms with E-state index >= 15 is 0 Å². The Balaban J connectivity index is 3.31. The number of aromatic nitrogens is 1. The van der Waals surface area contributed by atoms with Crippen LogP contribution in [0.25, 0.3) is 0 Å². The number of carboxylic acid groups (broad SMARTS) is 1. The average Bonchev–Trinajstić information content (AvgIpc) is 2.30. The van der Waals surface area contributed by atoms with E-state index in [1.165, 1.54) is 6.92 Å². The molecule has 0 aliphatic heterocycles. The minimum Gasteiger partial charge on any atom is -0.477 e. The van der Waals surface area contributed by atoms with Gasteiger partial charge < -0.3 is 15.4 Å². The molecule has 0 fully saturated rings. The monoisotopic (exact) mass is 170 g/mol. The van der Waals surface area contributed by atoms with E-state index < -0.39 is 17.6 Å². The Morgan fingerprint density at radius 3 is 2.50 bits per heavy atom. The van der Waals surface area contributed by atoms with Gasteiger partial charge in [-0.2, -0.15) is 0 Å². The molecule has 6 heteroatoms. The number of aromatic carboxylic acids is 1. The van der Waals surface area contributed by atoms with Gasteiger partial charge in [-0.15, -0.1) is 0 Å². The van der Waals surface area contributed by atoms with Crippen molar-refractivity contribution in [2.45, 2.75) is 6.92 Å². The topological polar surface area (TPSA) is 106 Å². The molecule has 1 amide bonds. The van der Waals surface area contributed by atoms with Gasteiger partial charge in [0.25, 0.3) is 5.91 Å². The normalized spacial score (nSPS) is 9.75. The summed E-state index contributed by atoms with van der Waals surface area (Å²) in [5, 5.41) is 11.9. The third kappa shape index (κ3) is 1.14. The summed E-state index contributed by atoms with van der Waals surface area (Å²) in [5.41, 5.74) is 4.69. The highest BCUT2D eigenvalue weighted by Crippen LogP contribution is 2.12. The Morgan fingerprint density at radius 1 is 1.58 bits per heavy atom. The maximum Gasteiger partial charge on any atom is 0.341 e. The lowest BCUT2D eigenvalue weighted by Gasteiger charge is -1.89. The van der Waals surface area contributed by atoms with Crippen LogP contribution in [0.5, 0.6) is 0 Å². The molecule has 64 valence electrons. The summed E-state index contributed by atoms with van der Waals surface area (Å²) in [6.45, 7) is 1.42. The Bertz CT molecular complexity index is 341. The van der Waals surface area contributed by atoms with E-state index in [9.17, 15) is 9.59 Å². The van der Waals surface area contributed by atoms with Crippen molar-refractivity contribution in [1.29, 1.82) is 0 Å². The van der Waals surface area contributed by atoms with Crippen LogP contribution in [0.4, 0.5) is 0 Å². The maximum atomic E-state index is 10.6. The molecule has 1 heterocycles. The standard InChI is InChI=1S/C6H6N2O4/c1-2-3(6(10)11)4(5(7)9)12-8-2/h1H3,(H2,7,9)(H,10,11). The highest BCUT2D eigenvalue weighted by atomic mass is 16.5. The van der Waals surface area contributed by atoms with E-state index in [2.05, 4.69) is 9.68 Å². The molecule has 6 nitrogen and oxygen atoms in total. The third-order valence-electron chi connectivity index (χ3n) is 1.30. The van der Waals surface area contributed by atoms with Gasteiger partial charge in [-0.05, 0) is 6.92 Å². The van der Waals surface area contributed by atoms with Crippen LogP contribution in [0.3, 0.4) is 0 Å². The Kier molecular flexibility index (Phi) is 1.82. The molecule has 1 aromatic rings. The molecule has 0 atom stereocenters. The van der Waals surface area contributed by atoms with E-state index in [0.29, 0.717) is 0 Å². The first-order valence-electron chi connectivity index (χ1n) is 3.03. The molecule has 0 aliphatic carbocycles. The second kappa shape index (κ2) is 2.65. The number of carbonyl (C=O) groups is 2. The fraction of sp³-hybridized carbons (Fsp3) is 0.167. The summed E-state index contributed by atoms with van der Waals surface area (Å²) in [5.74, 6) is -2.63. The predicted octanol–water partition coefficient (Wildman–Crippen LogP) is -0.220. The number of hydrogen-bond donors (Lipinski definition) is 2. The zero-order valence-electron chi connectivity index (χ0n) is 6.20. The molecule has 1 rings (SSSR count). The summed E-state index contributed by atoms with van der Waals surface area (Å²) in [7, 11) is 0. The van der Waals surface area contributed by atoms with Gasteiger partial charge in [0.2, 0.25) is 5.76 Å². The highest BCUT2D eigenvalue weighted by molar-refractivity contribution is 6.02. The molecule has 0 unspecified atom stereocenters. The number of aryl methyl sites for hydroxylation is 1. The fourth-order valence-corrected chi connectivity index (χ4v) is 0.790. The summed E-state index contributed by atoms with van der Waals surface area (Å²) < 4.78 is 4.41. The van der Waals surface area contributed by atoms with Crippen molar-refractivity contribution in [2.24, 2.45) is 5.73 Å². The first-order valence-corrected chi connectivity index (χ1v) is 3.03. The van der Waals surface area contributed by atoms with Crippen molar-refractivity contribution in [1.82, 2.24) is 5.16 Å². The number of carbonyl (C=O) groups excluding carboxylic acids is 1. The molecular formula is C6H6N2O4. The second-order valence-electron chi connectivity index (χ2n) is 2.14. The molecule has 0 aromatic carbocycles. The number of hydrogen-bond acceptors (Lipinski definition) is 4. The molecule has 3 N–H and O–H groups in total. The second-order valence-corrected chi connectivity index (χ2v) is 2.14. The van der Waals surface area contributed by atoms with Crippen molar-refractivity contribution < 1.29 is 19.2 Å². The minimum atomic E-state index is -1.28. The van der Waals surface area contributed by atoms with Crippen LogP contribution < -0.4 is 5.73 Å². The van der Waals surface area contributed by atoms with E-state index in [-0.39, 0.29) is 11.3 Å². The van der Waals surface area contributed by atoms with Gasteiger partial charge in [-0.3, -0.25) is 4.79 Å². The molecular weight excluding hydrogens is 164 g/mol. The number of amides is 1. The van der Waals surface area contributed by atoms with Gasteiger partial charge in [-0.25, -0.2) is 4.79 Å². The SMILES string of the molecule is Cc1noc(C(N)=O)c1C(=O)O. The Labute approximate surface area is 66.9 Å². The molecule has 0 radical (unpaired) electrons. The van der Waals surface area contributed by atoms with E-state index in [1.807, 2.05) is 0 Å². The molecule has 0 saturated heterocycles. The number of nitrogens with two attached hydrogens (primary N) is 1. The molecule has 0 aliphatic rings. The van der Waals surface area contributed by atoms with Gasteiger partial charge in [0, 0.05) is 0 Å². The highest BCUT2D eigenvalue weighted by Gasteiger charge is 2.23. The van der Waals surface area contributed by atoms with E-state index in [0.717, 1.165) is 0 Å². The summed E-state index contributed by atoms with van der Waals surface area (Å²) in [6, 6.07) is 0. The van der Waals surface area contributed by atoms with E-state index in [1.54, 1.807) is 0 Å². The largest absolute Gasteiger partial charge is 0.477 e. The van der Waals surface area contributed by atoms with Crippen LogP contribution in [0.2, 0.25) is 0 Å². The predicted molar refractivity (Wildman–Crippen MR) is 36.7 cm³/mol. The van der Waals surface area contributed by atoms with Crippen LogP contribution in [0.1, 0.15) is 26.6 Å². The van der Waals surface area contributed by atoms with Crippen LogP contribution in [0, 0.1) is 6.92 Å². The zero-order valence-corrected chi connectivity index (χ0v) is 6.20. The first kappa shape index (κ1) is 8.25. The maximum absolute atomic E-state index is 10.6. The van der Waals surface area contributed by atoms with Gasteiger partial charge in [-0.1, -0.05) is 5.16 Å². The van der Waals surface area contributed by atoms with Gasteiger partial charge in [0.1, 0.15) is 5.56 Å². The van der Waals surface area contributed by atoms with Crippen molar-refractivity contribution in [2.75, 3.05) is 0 Å². The van der Waals surface area contributed by atoms with E-state index in [4.69, 9.17) is 10.8 Å². The zero-order chi connectivity index (χ0) is 9.30. The van der Waals surface area contributed by atoms with Crippen LogP contribution >= 0.6 is 0 Å². The lowest BCUT2D eigenvalue weighted by Crippen LogP contribution is -2.14. The smallest absolute Gasteiger partial charge is 0.341 e. The summed E-state index contributed by atoms with van der Waals surface area (Å²) >= 11 is 0. The molecule has 0 saturated carbocycles. The summed E-state index contributed by atoms with van der Waals surface area (Å²) in [4.78, 5) is 21.1. The molecule has 0 spiro atoms.